The molecule has 2 aromatic rings. The van der Waals surface area contributed by atoms with E-state index in [9.17, 15) is 0 Å². The van der Waals surface area contributed by atoms with Crippen molar-refractivity contribution in [2.45, 2.75) is 31.2 Å². The van der Waals surface area contributed by atoms with Crippen molar-refractivity contribution in [1.82, 2.24) is 14.7 Å². The second-order valence-corrected chi connectivity index (χ2v) is 6.56. The summed E-state index contributed by atoms with van der Waals surface area (Å²) in [5.74, 6) is 0. The van der Waals surface area contributed by atoms with Crippen LogP contribution in [-0.2, 0) is 13.1 Å². The first kappa shape index (κ1) is 12.6. The Hall–Kier alpha value is -2.13. The Morgan fingerprint density at radius 2 is 2.24 bits per heavy atom. The van der Waals surface area contributed by atoms with E-state index in [-0.39, 0.29) is 0 Å². The first-order chi connectivity index (χ1) is 10.3. The predicted molar refractivity (Wildman–Crippen MR) is 82.7 cm³/mol. The molecule has 5 nitrogen and oxygen atoms in total. The first-order valence-electron chi connectivity index (χ1n) is 7.06. The molecule has 0 atom stereocenters. The maximum Gasteiger partial charge on any atom is 0.180 e. The highest BCUT2D eigenvalue weighted by Crippen LogP contribution is 2.34. The van der Waals surface area contributed by atoms with Gasteiger partial charge in [0.05, 0.1) is 30.7 Å². The topological polar surface area (TPSA) is 56.9 Å². The molecule has 0 bridgehead atoms. The minimum absolute atomic E-state index is 0.639. The van der Waals surface area contributed by atoms with Crippen LogP contribution >= 0.6 is 11.9 Å². The summed E-state index contributed by atoms with van der Waals surface area (Å²) in [5, 5.41) is 14.3. The highest BCUT2D eigenvalue weighted by Gasteiger charge is 2.24. The van der Waals surface area contributed by atoms with Gasteiger partial charge in [0.25, 0.3) is 0 Å². The van der Waals surface area contributed by atoms with Crippen LogP contribution in [0.25, 0.3) is 5.69 Å². The number of hydrogen-bond donors (Lipinski definition) is 1. The molecule has 2 heterocycles. The van der Waals surface area contributed by atoms with Gasteiger partial charge in [-0.2, -0.15) is 10.4 Å². The SMILES string of the molecule is N#CN1Cc2cnn(-c3cccc(NSC4CC4)c3)c2C1. The fourth-order valence-electron chi connectivity index (χ4n) is 2.48. The molecule has 21 heavy (non-hydrogen) atoms. The summed E-state index contributed by atoms with van der Waals surface area (Å²) in [7, 11) is 0. The van der Waals surface area contributed by atoms with E-state index in [2.05, 4.69) is 34.2 Å². The zero-order valence-electron chi connectivity index (χ0n) is 11.5. The summed E-state index contributed by atoms with van der Waals surface area (Å²) in [4.78, 5) is 1.74. The van der Waals surface area contributed by atoms with Gasteiger partial charge < -0.3 is 9.62 Å². The second kappa shape index (κ2) is 5.01. The van der Waals surface area contributed by atoms with Gasteiger partial charge in [-0.1, -0.05) is 6.07 Å². The lowest BCUT2D eigenvalue weighted by Gasteiger charge is -2.10. The van der Waals surface area contributed by atoms with Crippen molar-refractivity contribution in [3.05, 3.63) is 41.7 Å². The zero-order chi connectivity index (χ0) is 14.2. The van der Waals surface area contributed by atoms with E-state index in [1.165, 1.54) is 12.8 Å². The van der Waals surface area contributed by atoms with Gasteiger partial charge in [0.2, 0.25) is 0 Å². The van der Waals surface area contributed by atoms with Crippen LogP contribution in [0.1, 0.15) is 24.1 Å². The van der Waals surface area contributed by atoms with Gasteiger partial charge in [-0.05, 0) is 43.0 Å². The van der Waals surface area contributed by atoms with Crippen molar-refractivity contribution < 1.29 is 0 Å². The molecule has 106 valence electrons. The average Bonchev–Trinajstić information content (AvgIpc) is 3.12. The molecule has 0 spiro atoms. The van der Waals surface area contributed by atoms with Crippen LogP contribution in [0.5, 0.6) is 0 Å². The van der Waals surface area contributed by atoms with Crippen LogP contribution in [0, 0.1) is 11.5 Å². The van der Waals surface area contributed by atoms with Crippen molar-refractivity contribution in [1.29, 1.82) is 5.26 Å². The van der Waals surface area contributed by atoms with E-state index >= 15 is 0 Å². The Kier molecular flexibility index (Phi) is 3.00. The van der Waals surface area contributed by atoms with Crippen LogP contribution in [0.3, 0.4) is 0 Å². The van der Waals surface area contributed by atoms with E-state index in [4.69, 9.17) is 5.26 Å². The molecule has 0 radical (unpaired) electrons. The highest BCUT2D eigenvalue weighted by atomic mass is 32.2. The number of nitrogens with zero attached hydrogens (tertiary/aromatic N) is 4. The first-order valence-corrected chi connectivity index (χ1v) is 7.94. The number of hydrogen-bond acceptors (Lipinski definition) is 5. The molecule has 0 amide bonds. The number of anilines is 1. The number of fused-ring (bicyclic) bond motifs is 1. The Morgan fingerprint density at radius 1 is 1.33 bits per heavy atom. The third-order valence-electron chi connectivity index (χ3n) is 3.76. The quantitative estimate of drug-likeness (QED) is 0.694. The zero-order valence-corrected chi connectivity index (χ0v) is 12.3. The van der Waals surface area contributed by atoms with Crippen LogP contribution in [0.4, 0.5) is 5.69 Å². The van der Waals surface area contributed by atoms with Crippen LogP contribution in [0.15, 0.2) is 30.5 Å². The molecule has 0 saturated heterocycles. The van der Waals surface area contributed by atoms with E-state index in [1.54, 1.807) is 16.8 Å². The van der Waals surface area contributed by atoms with Crippen LogP contribution in [0.2, 0.25) is 0 Å². The van der Waals surface area contributed by atoms with Crippen molar-refractivity contribution in [3.63, 3.8) is 0 Å². The van der Waals surface area contributed by atoms with Gasteiger partial charge in [-0.3, -0.25) is 0 Å². The fourth-order valence-corrected chi connectivity index (χ4v) is 3.28. The van der Waals surface area contributed by atoms with Crippen molar-refractivity contribution in [2.75, 3.05) is 4.72 Å². The number of nitrogens with one attached hydrogen (secondary N) is 1. The summed E-state index contributed by atoms with van der Waals surface area (Å²) in [5.41, 5.74) is 4.40. The lowest BCUT2D eigenvalue weighted by atomic mass is 10.2. The molecule has 4 rings (SSSR count). The molecule has 6 heteroatoms. The van der Waals surface area contributed by atoms with E-state index in [0.717, 1.165) is 27.9 Å². The Balaban J connectivity index is 1.59. The molecule has 1 aliphatic heterocycles. The highest BCUT2D eigenvalue weighted by molar-refractivity contribution is 8.01. The molecular weight excluding hydrogens is 282 g/mol. The Morgan fingerprint density at radius 3 is 3.05 bits per heavy atom. The predicted octanol–water partition coefficient (Wildman–Crippen LogP) is 2.89. The average molecular weight is 297 g/mol. The summed E-state index contributed by atoms with van der Waals surface area (Å²) in [6, 6.07) is 8.27. The van der Waals surface area contributed by atoms with E-state index in [1.807, 2.05) is 16.9 Å². The lowest BCUT2D eigenvalue weighted by Crippen LogP contribution is -2.11. The Labute approximate surface area is 127 Å². The number of rotatable bonds is 4. The molecule has 0 unspecified atom stereocenters. The largest absolute Gasteiger partial charge is 0.329 e. The fraction of sp³-hybridized carbons (Fsp3) is 0.333. The normalized spacial score (nSPS) is 16.6. The molecule has 2 aliphatic rings. The van der Waals surface area contributed by atoms with Crippen LogP contribution < -0.4 is 4.72 Å². The number of nitriles is 1. The molecule has 1 saturated carbocycles. The molecular formula is C15H15N5S. The van der Waals surface area contributed by atoms with Crippen molar-refractivity contribution in [3.8, 4) is 11.9 Å². The third kappa shape index (κ3) is 2.45. The van der Waals surface area contributed by atoms with Gasteiger partial charge in [0.15, 0.2) is 6.19 Å². The molecule has 1 aromatic carbocycles. The monoisotopic (exact) mass is 297 g/mol. The molecule has 1 aromatic heterocycles. The van der Waals surface area contributed by atoms with Gasteiger partial charge in [0.1, 0.15) is 0 Å². The van der Waals surface area contributed by atoms with E-state index in [0.29, 0.717) is 13.1 Å². The van der Waals surface area contributed by atoms with Crippen LogP contribution in [-0.4, -0.2) is 19.9 Å². The number of aromatic nitrogens is 2. The smallest absolute Gasteiger partial charge is 0.180 e. The molecule has 1 fully saturated rings. The van der Waals surface area contributed by atoms with Gasteiger partial charge in [-0.15, -0.1) is 0 Å². The minimum Gasteiger partial charge on any atom is -0.329 e. The second-order valence-electron chi connectivity index (χ2n) is 5.45. The van der Waals surface area contributed by atoms with Gasteiger partial charge in [0, 0.05) is 16.5 Å². The summed E-state index contributed by atoms with van der Waals surface area (Å²) < 4.78 is 5.35. The number of benzene rings is 1. The summed E-state index contributed by atoms with van der Waals surface area (Å²) in [6.07, 6.45) is 6.70. The minimum atomic E-state index is 0.639. The Bertz CT molecular complexity index is 713. The maximum atomic E-state index is 9.02. The van der Waals surface area contributed by atoms with E-state index < -0.39 is 0 Å². The summed E-state index contributed by atoms with van der Waals surface area (Å²) in [6.45, 7) is 1.31. The lowest BCUT2D eigenvalue weighted by molar-refractivity contribution is 0.408. The third-order valence-corrected chi connectivity index (χ3v) is 4.92. The van der Waals surface area contributed by atoms with Gasteiger partial charge in [-0.25, -0.2) is 4.68 Å². The molecule has 1 N–H and O–H groups in total. The summed E-state index contributed by atoms with van der Waals surface area (Å²) >= 11 is 1.80. The van der Waals surface area contributed by atoms with Crippen molar-refractivity contribution in [2.24, 2.45) is 0 Å². The molecule has 1 aliphatic carbocycles. The standard InChI is InChI=1S/C15H15N5S/c16-10-19-8-11-7-17-20(15(11)9-19)13-3-1-2-12(6-13)18-21-14-4-5-14/h1-3,6-7,14,18H,4-5,8-9H2. The maximum absolute atomic E-state index is 9.02. The van der Waals surface area contributed by atoms with Gasteiger partial charge >= 0.3 is 0 Å². The van der Waals surface area contributed by atoms with Crippen molar-refractivity contribution >= 4 is 17.6 Å².